The van der Waals surface area contributed by atoms with Crippen LogP contribution in [0.3, 0.4) is 0 Å². The van der Waals surface area contributed by atoms with Crippen molar-refractivity contribution in [3.05, 3.63) is 52.2 Å². The fourth-order valence-electron chi connectivity index (χ4n) is 1.66. The van der Waals surface area contributed by atoms with E-state index in [1.807, 2.05) is 4.93 Å². The molecule has 0 fully saturated rings. The molecule has 0 saturated heterocycles. The van der Waals surface area contributed by atoms with Gasteiger partial charge in [0, 0.05) is 12.4 Å². The summed E-state index contributed by atoms with van der Waals surface area (Å²) in [6.45, 7) is 0. The zero-order valence-electron chi connectivity index (χ0n) is 11.1. The monoisotopic (exact) mass is 390 g/mol. The number of aromatic nitrogens is 3. The molecule has 0 aliphatic rings. The Hall–Kier alpha value is -1.55. The van der Waals surface area contributed by atoms with Crippen molar-refractivity contribution in [1.29, 1.82) is 0 Å². The third-order valence-electron chi connectivity index (χ3n) is 2.69. The predicted octanol–water partition coefficient (Wildman–Crippen LogP) is 2.05. The van der Waals surface area contributed by atoms with E-state index in [1.165, 1.54) is 10.8 Å². The molecule has 8 heteroatoms. The summed E-state index contributed by atoms with van der Waals surface area (Å²) in [7, 11) is 1.55. The van der Waals surface area contributed by atoms with E-state index >= 15 is 0 Å². The average molecular weight is 390 g/mol. The van der Waals surface area contributed by atoms with Gasteiger partial charge in [-0.05, 0) is 21.5 Å². The minimum absolute atomic E-state index is 0.0941. The van der Waals surface area contributed by atoms with Crippen LogP contribution in [0.2, 0.25) is 0 Å². The second-order valence-corrected chi connectivity index (χ2v) is 3.86. The average Bonchev–Trinajstić information content (AvgIpc) is 2.83. The van der Waals surface area contributed by atoms with E-state index in [9.17, 15) is 15.2 Å². The maximum atomic E-state index is 10.7. The number of pyridine rings is 1. The van der Waals surface area contributed by atoms with Gasteiger partial charge >= 0.3 is 5.82 Å². The second-order valence-electron chi connectivity index (χ2n) is 3.86. The summed E-state index contributed by atoms with van der Waals surface area (Å²) in [6.07, 6.45) is 3.78. The van der Waals surface area contributed by atoms with Crippen molar-refractivity contribution in [2.45, 2.75) is 12.5 Å². The number of hydrogen-bond donors (Lipinski definition) is 1. The van der Waals surface area contributed by atoms with Gasteiger partial charge in [0.25, 0.3) is 0 Å². The second kappa shape index (κ2) is 7.90. The highest BCUT2D eigenvalue weighted by Gasteiger charge is 2.20. The van der Waals surface area contributed by atoms with Gasteiger partial charge in [-0.1, -0.05) is 28.7 Å². The van der Waals surface area contributed by atoms with Gasteiger partial charge in [0.05, 0.1) is 19.6 Å². The van der Waals surface area contributed by atoms with Gasteiger partial charge < -0.3 is 15.2 Å². The van der Waals surface area contributed by atoms with Crippen molar-refractivity contribution in [3.8, 4) is 0 Å². The third-order valence-corrected chi connectivity index (χ3v) is 2.69. The zero-order chi connectivity index (χ0) is 15.1. The lowest BCUT2D eigenvalue weighted by molar-refractivity contribution is -0.391. The van der Waals surface area contributed by atoms with E-state index in [0.717, 1.165) is 0 Å². The van der Waals surface area contributed by atoms with Crippen LogP contribution < -0.4 is 0 Å². The van der Waals surface area contributed by atoms with E-state index in [2.05, 4.69) is 32.6 Å². The Balaban J connectivity index is 0.000000956. The van der Waals surface area contributed by atoms with E-state index in [4.69, 9.17) is 0 Å². The molecule has 0 amide bonds. The van der Waals surface area contributed by atoms with Crippen LogP contribution in [0.1, 0.15) is 17.5 Å². The van der Waals surface area contributed by atoms with E-state index in [1.54, 1.807) is 31.6 Å². The molecule has 20 heavy (non-hydrogen) atoms. The highest BCUT2D eigenvalue weighted by molar-refractivity contribution is 14.1. The lowest BCUT2D eigenvalue weighted by atomic mass is 10.1. The van der Waals surface area contributed by atoms with Crippen molar-refractivity contribution >= 4 is 28.4 Å². The van der Waals surface area contributed by atoms with Crippen LogP contribution in [0.25, 0.3) is 0 Å². The Morgan fingerprint density at radius 3 is 2.70 bits per heavy atom. The number of rotatable bonds is 4. The summed E-state index contributed by atoms with van der Waals surface area (Å²) in [5.41, 5.74) is 0.656. The molecule has 2 rings (SSSR count). The molecule has 0 aromatic carbocycles. The number of nitrogens with zero attached hydrogens (tertiary/aromatic N) is 4. The van der Waals surface area contributed by atoms with Crippen LogP contribution in [0.15, 0.2) is 30.7 Å². The minimum Gasteiger partial charge on any atom is -0.388 e. The molecule has 1 N–H and O–H groups in total. The fourth-order valence-corrected chi connectivity index (χ4v) is 1.66. The molecule has 0 spiro atoms. The number of nitro groups is 1. The fraction of sp³-hybridized carbons (Fsp3) is 0.333. The Morgan fingerprint density at radius 1 is 1.50 bits per heavy atom. The predicted molar refractivity (Wildman–Crippen MR) is 82.7 cm³/mol. The smallest absolute Gasteiger partial charge is 0.342 e. The first-order chi connectivity index (χ1) is 9.59. The lowest BCUT2D eigenvalue weighted by Gasteiger charge is -2.08. The molecule has 0 aliphatic carbocycles. The topological polar surface area (TPSA) is 94.1 Å². The first-order valence-electron chi connectivity index (χ1n) is 5.70. The van der Waals surface area contributed by atoms with Crippen molar-refractivity contribution in [1.82, 2.24) is 14.5 Å². The molecular weight excluding hydrogens is 375 g/mol. The van der Waals surface area contributed by atoms with Crippen molar-refractivity contribution < 1.29 is 10.0 Å². The summed E-state index contributed by atoms with van der Waals surface area (Å²) in [5, 5.41) is 20.6. The lowest BCUT2D eigenvalue weighted by Crippen LogP contribution is -2.08. The molecule has 0 aliphatic heterocycles. The zero-order valence-corrected chi connectivity index (χ0v) is 13.3. The molecule has 2 heterocycles. The molecule has 1 atom stereocenters. The number of halogens is 1. The summed E-state index contributed by atoms with van der Waals surface area (Å²) in [6, 6.07) is 3.47. The van der Waals surface area contributed by atoms with E-state index in [-0.39, 0.29) is 12.2 Å². The Kier molecular flexibility index (Phi) is 6.52. The van der Waals surface area contributed by atoms with Crippen LogP contribution in [-0.4, -0.2) is 29.5 Å². The number of alkyl halides is 1. The number of aliphatic hydroxyl groups excluding tert-OH is 1. The van der Waals surface area contributed by atoms with Gasteiger partial charge in [-0.15, -0.1) is 0 Å². The van der Waals surface area contributed by atoms with Crippen LogP contribution in [-0.2, 0) is 13.5 Å². The van der Waals surface area contributed by atoms with Crippen molar-refractivity contribution in [2.75, 3.05) is 4.93 Å². The third kappa shape index (κ3) is 3.97. The highest BCUT2D eigenvalue weighted by Crippen LogP contribution is 2.19. The largest absolute Gasteiger partial charge is 0.388 e. The van der Waals surface area contributed by atoms with Crippen molar-refractivity contribution in [3.63, 3.8) is 0 Å². The highest BCUT2D eigenvalue weighted by atomic mass is 127. The van der Waals surface area contributed by atoms with Gasteiger partial charge in [-0.3, -0.25) is 4.98 Å². The molecule has 7 nitrogen and oxygen atoms in total. The molecule has 2 aromatic rings. The SMILES string of the molecule is CI.Cn1c([N+](=O)[O-])cnc1CC(O)c1cccnc1. The van der Waals surface area contributed by atoms with Crippen LogP contribution in [0.4, 0.5) is 5.82 Å². The number of hydrogen-bond acceptors (Lipinski definition) is 5. The first kappa shape index (κ1) is 16.5. The normalized spacial score (nSPS) is 11.4. The molecule has 1 unspecified atom stereocenters. The Bertz CT molecular complexity index is 559. The van der Waals surface area contributed by atoms with E-state index in [0.29, 0.717) is 11.4 Å². The quantitative estimate of drug-likeness (QED) is 0.373. The van der Waals surface area contributed by atoms with Gasteiger partial charge in [0.1, 0.15) is 6.20 Å². The number of imidazole rings is 1. The summed E-state index contributed by atoms with van der Waals surface area (Å²) < 4.78 is 1.36. The van der Waals surface area contributed by atoms with Crippen LogP contribution in [0.5, 0.6) is 0 Å². The minimum atomic E-state index is -0.778. The van der Waals surface area contributed by atoms with Crippen LogP contribution in [0, 0.1) is 10.1 Å². The van der Waals surface area contributed by atoms with E-state index < -0.39 is 11.0 Å². The molecule has 0 saturated carbocycles. The van der Waals surface area contributed by atoms with Crippen LogP contribution >= 0.6 is 22.6 Å². The molecule has 0 radical (unpaired) electrons. The molecule has 2 aromatic heterocycles. The summed E-state index contributed by atoms with van der Waals surface area (Å²) in [5.74, 6) is 0.362. The maximum Gasteiger partial charge on any atom is 0.342 e. The van der Waals surface area contributed by atoms with Gasteiger partial charge in [0.2, 0.25) is 0 Å². The number of aliphatic hydroxyl groups is 1. The first-order valence-corrected chi connectivity index (χ1v) is 7.86. The molecule has 108 valence electrons. The van der Waals surface area contributed by atoms with Gasteiger partial charge in [-0.25, -0.2) is 9.55 Å². The van der Waals surface area contributed by atoms with Gasteiger partial charge in [0.15, 0.2) is 5.82 Å². The molecule has 0 bridgehead atoms. The standard InChI is InChI=1S/C11H12N4O3.CH3I/c1-14-10(13-7-11(14)15(17)18)5-9(16)8-3-2-4-12-6-8;1-2/h2-4,6-7,9,16H,5H2,1H3;1H3. The molecular formula is C12H15IN4O3. The Morgan fingerprint density at radius 2 is 2.20 bits per heavy atom. The van der Waals surface area contributed by atoms with Gasteiger partial charge in [-0.2, -0.15) is 0 Å². The maximum absolute atomic E-state index is 10.7. The Labute approximate surface area is 130 Å². The summed E-state index contributed by atoms with van der Waals surface area (Å²) >= 11 is 2.15. The summed E-state index contributed by atoms with van der Waals surface area (Å²) in [4.78, 5) is 20.0. The van der Waals surface area contributed by atoms with Crippen molar-refractivity contribution in [2.24, 2.45) is 7.05 Å².